The van der Waals surface area contributed by atoms with Gasteiger partial charge in [0, 0.05) is 31.1 Å². The molecular formula is C20H27N4O2. The van der Waals surface area contributed by atoms with Crippen LogP contribution in [0.3, 0.4) is 0 Å². The van der Waals surface area contributed by atoms with Gasteiger partial charge < -0.3 is 15.0 Å². The van der Waals surface area contributed by atoms with Gasteiger partial charge in [0.2, 0.25) is 0 Å². The molecule has 1 saturated heterocycles. The number of rotatable bonds is 6. The van der Waals surface area contributed by atoms with Gasteiger partial charge in [-0.15, -0.1) is 0 Å². The Hall–Kier alpha value is -1.92. The second kappa shape index (κ2) is 7.37. The number of nitrogens with one attached hydrogen (secondary N) is 1. The quantitative estimate of drug-likeness (QED) is 0.864. The number of carbonyl (C=O) groups is 1. The van der Waals surface area contributed by atoms with Crippen molar-refractivity contribution in [2.24, 2.45) is 0 Å². The number of hydrogen-bond acceptors (Lipinski definition) is 4. The normalized spacial score (nSPS) is 21.7. The summed E-state index contributed by atoms with van der Waals surface area (Å²) in [5.41, 5.74) is 2.08. The average Bonchev–Trinajstić information content (AvgIpc) is 3.44. The van der Waals surface area contributed by atoms with Gasteiger partial charge in [0.05, 0.1) is 23.9 Å². The number of hydrogen-bond donors (Lipinski definition) is 1. The molecule has 1 aliphatic carbocycles. The molecular weight excluding hydrogens is 328 g/mol. The van der Waals surface area contributed by atoms with Crippen LogP contribution in [0, 0.1) is 6.92 Å². The van der Waals surface area contributed by atoms with Gasteiger partial charge >= 0.3 is 0 Å². The lowest BCUT2D eigenvalue weighted by Gasteiger charge is -2.33. The summed E-state index contributed by atoms with van der Waals surface area (Å²) in [4.78, 5) is 15.2. The minimum absolute atomic E-state index is 0.0727. The SMILES string of the molecule is [CH2]CCn1nc(C(C)N(C(=O)[C@H]2CNCCO2)C2CC2)c2ccccc21. The predicted molar refractivity (Wildman–Crippen MR) is 101 cm³/mol. The number of morpholine rings is 1. The van der Waals surface area contributed by atoms with Gasteiger partial charge in [0.15, 0.2) is 0 Å². The van der Waals surface area contributed by atoms with Gasteiger partial charge in [-0.2, -0.15) is 5.10 Å². The van der Waals surface area contributed by atoms with Crippen LogP contribution in [0.25, 0.3) is 10.9 Å². The van der Waals surface area contributed by atoms with Crippen LogP contribution in [0.5, 0.6) is 0 Å². The molecule has 4 rings (SSSR count). The van der Waals surface area contributed by atoms with Crippen molar-refractivity contribution in [3.8, 4) is 0 Å². The zero-order valence-corrected chi connectivity index (χ0v) is 15.4. The number of benzene rings is 1. The summed E-state index contributed by atoms with van der Waals surface area (Å²) in [5, 5.41) is 9.24. The molecule has 6 heteroatoms. The fraction of sp³-hybridized carbons (Fsp3) is 0.550. The summed E-state index contributed by atoms with van der Waals surface area (Å²) in [6.45, 7) is 8.81. The van der Waals surface area contributed by atoms with Gasteiger partial charge in [-0.05, 0) is 32.3 Å². The van der Waals surface area contributed by atoms with Crippen molar-refractivity contribution in [3.63, 3.8) is 0 Å². The maximum atomic E-state index is 13.2. The second-order valence-electron chi connectivity index (χ2n) is 7.20. The van der Waals surface area contributed by atoms with Gasteiger partial charge in [-0.1, -0.05) is 25.1 Å². The zero-order chi connectivity index (χ0) is 18.1. The third-order valence-electron chi connectivity index (χ3n) is 5.27. The van der Waals surface area contributed by atoms with E-state index in [2.05, 4.69) is 31.3 Å². The van der Waals surface area contributed by atoms with Gasteiger partial charge in [0.1, 0.15) is 6.10 Å². The minimum Gasteiger partial charge on any atom is -0.366 e. The highest BCUT2D eigenvalue weighted by atomic mass is 16.5. The Morgan fingerprint density at radius 3 is 2.96 bits per heavy atom. The molecule has 1 aromatic heterocycles. The standard InChI is InChI=1S/C20H27N4O2/c1-3-11-23-17-7-5-4-6-16(17)19(22-23)14(2)24(15-8-9-15)20(25)18-13-21-10-12-26-18/h4-7,14-15,18,21H,1,3,8-13H2,2H3/t14?,18-/m1/s1. The molecule has 26 heavy (non-hydrogen) atoms. The van der Waals surface area contributed by atoms with E-state index in [1.54, 1.807) is 0 Å². The highest BCUT2D eigenvalue weighted by Crippen LogP contribution is 2.37. The van der Waals surface area contributed by atoms with E-state index in [-0.39, 0.29) is 18.1 Å². The largest absolute Gasteiger partial charge is 0.366 e. The molecule has 1 aromatic carbocycles. The number of ether oxygens (including phenoxy) is 1. The Morgan fingerprint density at radius 2 is 2.27 bits per heavy atom. The number of aryl methyl sites for hydroxylation is 1. The third-order valence-corrected chi connectivity index (χ3v) is 5.27. The molecule has 2 atom stereocenters. The van der Waals surface area contributed by atoms with Crippen LogP contribution in [0.1, 0.15) is 37.9 Å². The highest BCUT2D eigenvalue weighted by molar-refractivity contribution is 5.85. The van der Waals surface area contributed by atoms with Crippen molar-refractivity contribution < 1.29 is 9.53 Å². The third kappa shape index (κ3) is 3.23. The molecule has 0 bridgehead atoms. The molecule has 2 aromatic rings. The molecule has 6 nitrogen and oxygen atoms in total. The average molecular weight is 355 g/mol. The fourth-order valence-corrected chi connectivity index (χ4v) is 3.84. The van der Waals surface area contributed by atoms with E-state index >= 15 is 0 Å². The summed E-state index contributed by atoms with van der Waals surface area (Å²) in [6, 6.07) is 8.49. The molecule has 1 unspecified atom stereocenters. The summed E-state index contributed by atoms with van der Waals surface area (Å²) in [5.74, 6) is 0.0861. The highest BCUT2D eigenvalue weighted by Gasteiger charge is 2.41. The molecule has 2 fully saturated rings. The monoisotopic (exact) mass is 355 g/mol. The number of nitrogens with zero attached hydrogens (tertiary/aromatic N) is 3. The lowest BCUT2D eigenvalue weighted by Crippen LogP contribution is -2.50. The topological polar surface area (TPSA) is 59.4 Å². The van der Waals surface area contributed by atoms with Crippen molar-refractivity contribution in [1.29, 1.82) is 0 Å². The summed E-state index contributed by atoms with van der Waals surface area (Å²) in [7, 11) is 0. The smallest absolute Gasteiger partial charge is 0.253 e. The molecule has 1 aliphatic heterocycles. The molecule has 2 aliphatic rings. The van der Waals surface area contributed by atoms with Crippen LogP contribution in [0.2, 0.25) is 0 Å². The van der Waals surface area contributed by atoms with E-state index in [9.17, 15) is 4.79 Å². The fourth-order valence-electron chi connectivity index (χ4n) is 3.84. The Labute approximate surface area is 154 Å². The maximum Gasteiger partial charge on any atom is 0.253 e. The first kappa shape index (κ1) is 17.5. The van der Waals surface area contributed by atoms with Gasteiger partial charge in [-0.3, -0.25) is 9.48 Å². The van der Waals surface area contributed by atoms with Crippen LogP contribution in [-0.2, 0) is 16.1 Å². The van der Waals surface area contributed by atoms with Crippen molar-refractivity contribution in [2.75, 3.05) is 19.7 Å². The van der Waals surface area contributed by atoms with E-state index in [1.807, 2.05) is 21.7 Å². The number of para-hydroxylation sites is 1. The molecule has 1 radical (unpaired) electrons. The Bertz CT molecular complexity index is 777. The van der Waals surface area contributed by atoms with Crippen LogP contribution >= 0.6 is 0 Å². The molecule has 0 spiro atoms. The first-order valence-electron chi connectivity index (χ1n) is 9.60. The first-order valence-corrected chi connectivity index (χ1v) is 9.60. The molecule has 1 saturated carbocycles. The molecule has 1 amide bonds. The first-order chi connectivity index (χ1) is 12.7. The maximum absolute atomic E-state index is 13.2. The van der Waals surface area contributed by atoms with Crippen LogP contribution in [0.15, 0.2) is 24.3 Å². The second-order valence-corrected chi connectivity index (χ2v) is 7.20. The van der Waals surface area contributed by atoms with Crippen LogP contribution < -0.4 is 5.32 Å². The number of carbonyl (C=O) groups excluding carboxylic acids is 1. The number of aromatic nitrogens is 2. The summed E-state index contributed by atoms with van der Waals surface area (Å²) in [6.07, 6.45) is 2.52. The Morgan fingerprint density at radius 1 is 1.46 bits per heavy atom. The van der Waals surface area contributed by atoms with Crippen molar-refractivity contribution in [1.82, 2.24) is 20.0 Å². The lowest BCUT2D eigenvalue weighted by atomic mass is 10.1. The van der Waals surface area contributed by atoms with Crippen LogP contribution in [-0.4, -0.2) is 52.4 Å². The van der Waals surface area contributed by atoms with E-state index in [0.717, 1.165) is 48.9 Å². The van der Waals surface area contributed by atoms with E-state index in [4.69, 9.17) is 9.84 Å². The lowest BCUT2D eigenvalue weighted by molar-refractivity contribution is -0.148. The Balaban J connectivity index is 1.67. The number of fused-ring (bicyclic) bond motifs is 1. The molecule has 1 N–H and O–H groups in total. The molecule has 2 heterocycles. The van der Waals surface area contributed by atoms with Gasteiger partial charge in [0.25, 0.3) is 5.91 Å². The van der Waals surface area contributed by atoms with E-state index in [1.165, 1.54) is 0 Å². The predicted octanol–water partition coefficient (Wildman–Crippen LogP) is 2.30. The van der Waals surface area contributed by atoms with Crippen LogP contribution in [0.4, 0.5) is 0 Å². The minimum atomic E-state index is -0.389. The Kier molecular flexibility index (Phi) is 4.96. The number of amides is 1. The van der Waals surface area contributed by atoms with E-state index in [0.29, 0.717) is 19.2 Å². The summed E-state index contributed by atoms with van der Waals surface area (Å²) < 4.78 is 7.74. The van der Waals surface area contributed by atoms with Crippen molar-refractivity contribution >= 4 is 16.8 Å². The zero-order valence-electron chi connectivity index (χ0n) is 15.4. The van der Waals surface area contributed by atoms with Crippen molar-refractivity contribution in [3.05, 3.63) is 36.9 Å². The van der Waals surface area contributed by atoms with Gasteiger partial charge in [-0.25, -0.2) is 0 Å². The molecule has 139 valence electrons. The van der Waals surface area contributed by atoms with Crippen molar-refractivity contribution in [2.45, 2.75) is 50.9 Å². The van der Waals surface area contributed by atoms with E-state index < -0.39 is 0 Å². The summed E-state index contributed by atoms with van der Waals surface area (Å²) >= 11 is 0.